The highest BCUT2D eigenvalue weighted by molar-refractivity contribution is 5.85. The van der Waals surface area contributed by atoms with Crippen molar-refractivity contribution < 1.29 is 4.42 Å². The van der Waals surface area contributed by atoms with E-state index in [4.69, 9.17) is 4.42 Å². The molecule has 0 spiro atoms. The average molecular weight is 185 g/mol. The number of fused-ring (bicyclic) bond motifs is 1. The minimum Gasteiger partial charge on any atom is -0.424 e. The van der Waals surface area contributed by atoms with Gasteiger partial charge in [-0.1, -0.05) is 12.1 Å². The Labute approximate surface area is 76.2 Å². The first kappa shape index (κ1) is 8.87. The molecule has 0 bridgehead atoms. The zero-order valence-corrected chi connectivity index (χ0v) is 7.39. The molecule has 2 rings (SSSR count). The second-order valence-corrected chi connectivity index (χ2v) is 2.24. The van der Waals surface area contributed by atoms with E-state index in [1.165, 1.54) is 0 Å². The Bertz CT molecular complexity index is 339. The zero-order valence-electron chi connectivity index (χ0n) is 6.57. The van der Waals surface area contributed by atoms with Crippen LogP contribution in [0.3, 0.4) is 0 Å². The summed E-state index contributed by atoms with van der Waals surface area (Å²) in [7, 11) is 1.78. The minimum absolute atomic E-state index is 0. The molecule has 0 unspecified atom stereocenters. The van der Waals surface area contributed by atoms with Crippen LogP contribution in [0.15, 0.2) is 28.7 Å². The van der Waals surface area contributed by atoms with Crippen molar-refractivity contribution in [2.45, 2.75) is 0 Å². The van der Waals surface area contributed by atoms with Crippen LogP contribution < -0.4 is 5.32 Å². The van der Waals surface area contributed by atoms with Gasteiger partial charge < -0.3 is 9.73 Å². The van der Waals surface area contributed by atoms with Gasteiger partial charge in [0.15, 0.2) is 5.58 Å². The Morgan fingerprint density at radius 3 is 2.75 bits per heavy atom. The van der Waals surface area contributed by atoms with Gasteiger partial charge in [-0.25, -0.2) is 0 Å². The second-order valence-electron chi connectivity index (χ2n) is 2.24. The van der Waals surface area contributed by atoms with Crippen molar-refractivity contribution in [2.24, 2.45) is 0 Å². The maximum absolute atomic E-state index is 5.29. The third kappa shape index (κ3) is 1.36. The molecule has 0 saturated heterocycles. The maximum atomic E-state index is 5.29. The number of halogens is 1. The van der Waals surface area contributed by atoms with Gasteiger partial charge in [-0.3, -0.25) is 0 Å². The van der Waals surface area contributed by atoms with Crippen molar-refractivity contribution in [2.75, 3.05) is 12.4 Å². The topological polar surface area (TPSA) is 38.1 Å². The summed E-state index contributed by atoms with van der Waals surface area (Å²) >= 11 is 0. The molecule has 1 aromatic heterocycles. The Hall–Kier alpha value is -1.22. The molecule has 0 aliphatic heterocycles. The Kier molecular flexibility index (Phi) is 2.55. The van der Waals surface area contributed by atoms with Crippen molar-refractivity contribution in [3.8, 4) is 0 Å². The summed E-state index contributed by atoms with van der Waals surface area (Å²) in [5.74, 6) is 0. The molecule has 2 aromatic rings. The lowest BCUT2D eigenvalue weighted by Crippen LogP contribution is -1.85. The van der Waals surface area contributed by atoms with Crippen LogP contribution in [0.1, 0.15) is 0 Å². The molecule has 0 aliphatic carbocycles. The van der Waals surface area contributed by atoms with E-state index < -0.39 is 0 Å². The van der Waals surface area contributed by atoms with E-state index in [1.807, 2.05) is 24.3 Å². The number of para-hydroxylation sites is 2. The number of nitrogens with one attached hydrogen (secondary N) is 1. The quantitative estimate of drug-likeness (QED) is 0.739. The largest absolute Gasteiger partial charge is 0.424 e. The average Bonchev–Trinajstić information content (AvgIpc) is 2.46. The third-order valence-electron chi connectivity index (χ3n) is 1.51. The Balaban J connectivity index is 0.000000720. The SMILES string of the molecule is CNc1nc2ccccc2o1.Cl. The summed E-state index contributed by atoms with van der Waals surface area (Å²) in [5, 5.41) is 2.84. The molecule has 1 aromatic carbocycles. The molecule has 1 N–H and O–H groups in total. The van der Waals surface area contributed by atoms with E-state index in [0.29, 0.717) is 6.01 Å². The van der Waals surface area contributed by atoms with Gasteiger partial charge in [0.2, 0.25) is 0 Å². The number of hydrogen-bond acceptors (Lipinski definition) is 3. The van der Waals surface area contributed by atoms with Crippen LogP contribution in [0, 0.1) is 0 Å². The van der Waals surface area contributed by atoms with Crippen LogP contribution in [0.4, 0.5) is 6.01 Å². The highest BCUT2D eigenvalue weighted by Gasteiger charge is 2.00. The van der Waals surface area contributed by atoms with Crippen molar-refractivity contribution in [1.29, 1.82) is 0 Å². The third-order valence-corrected chi connectivity index (χ3v) is 1.51. The fraction of sp³-hybridized carbons (Fsp3) is 0.125. The number of anilines is 1. The van der Waals surface area contributed by atoms with E-state index in [-0.39, 0.29) is 12.4 Å². The van der Waals surface area contributed by atoms with Crippen LogP contribution in [0.2, 0.25) is 0 Å². The van der Waals surface area contributed by atoms with Crippen molar-refractivity contribution in [3.05, 3.63) is 24.3 Å². The van der Waals surface area contributed by atoms with Crippen LogP contribution in [0.25, 0.3) is 11.1 Å². The van der Waals surface area contributed by atoms with Gasteiger partial charge in [-0.15, -0.1) is 12.4 Å². The van der Waals surface area contributed by atoms with Crippen LogP contribution in [-0.2, 0) is 0 Å². The molecule has 64 valence electrons. The predicted molar refractivity (Wildman–Crippen MR) is 50.8 cm³/mol. The van der Waals surface area contributed by atoms with Gasteiger partial charge >= 0.3 is 0 Å². The molecule has 1 heterocycles. The number of benzene rings is 1. The lowest BCUT2D eigenvalue weighted by Gasteiger charge is -1.84. The Morgan fingerprint density at radius 2 is 2.08 bits per heavy atom. The summed E-state index contributed by atoms with van der Waals surface area (Å²) in [6.45, 7) is 0. The summed E-state index contributed by atoms with van der Waals surface area (Å²) in [6.07, 6.45) is 0. The van der Waals surface area contributed by atoms with Crippen LogP contribution in [-0.4, -0.2) is 12.0 Å². The monoisotopic (exact) mass is 184 g/mol. The first-order valence-electron chi connectivity index (χ1n) is 3.43. The Morgan fingerprint density at radius 1 is 1.33 bits per heavy atom. The van der Waals surface area contributed by atoms with Gasteiger partial charge in [0, 0.05) is 7.05 Å². The van der Waals surface area contributed by atoms with E-state index in [9.17, 15) is 0 Å². The smallest absolute Gasteiger partial charge is 0.295 e. The van der Waals surface area contributed by atoms with Gasteiger partial charge in [0.05, 0.1) is 0 Å². The van der Waals surface area contributed by atoms with Gasteiger partial charge in [0.1, 0.15) is 5.52 Å². The summed E-state index contributed by atoms with van der Waals surface area (Å²) < 4.78 is 5.29. The minimum atomic E-state index is 0. The molecular weight excluding hydrogens is 176 g/mol. The van der Waals surface area contributed by atoms with Gasteiger partial charge in [0.25, 0.3) is 6.01 Å². The molecular formula is C8H9ClN2O. The standard InChI is InChI=1S/C8H8N2O.ClH/c1-9-8-10-6-4-2-3-5-7(6)11-8;/h2-5H,1H3,(H,9,10);1H. The molecule has 0 fully saturated rings. The molecule has 3 nitrogen and oxygen atoms in total. The van der Waals surface area contributed by atoms with Crippen molar-refractivity contribution >= 4 is 29.5 Å². The molecule has 4 heteroatoms. The lowest BCUT2D eigenvalue weighted by atomic mass is 10.3. The first-order valence-corrected chi connectivity index (χ1v) is 3.43. The fourth-order valence-corrected chi connectivity index (χ4v) is 0.979. The molecule has 0 atom stereocenters. The molecule has 12 heavy (non-hydrogen) atoms. The normalized spacial score (nSPS) is 9.42. The molecule has 0 amide bonds. The number of hydrogen-bond donors (Lipinski definition) is 1. The highest BCUT2D eigenvalue weighted by atomic mass is 35.5. The highest BCUT2D eigenvalue weighted by Crippen LogP contribution is 2.16. The number of oxazole rings is 1. The fourth-order valence-electron chi connectivity index (χ4n) is 0.979. The number of nitrogens with zero attached hydrogens (tertiary/aromatic N) is 1. The van der Waals surface area contributed by atoms with Gasteiger partial charge in [-0.2, -0.15) is 4.98 Å². The lowest BCUT2D eigenvalue weighted by molar-refractivity contribution is 0.620. The van der Waals surface area contributed by atoms with Crippen molar-refractivity contribution in [1.82, 2.24) is 4.98 Å². The summed E-state index contributed by atoms with van der Waals surface area (Å²) in [6, 6.07) is 8.23. The predicted octanol–water partition coefficient (Wildman–Crippen LogP) is 2.29. The van der Waals surface area contributed by atoms with E-state index in [1.54, 1.807) is 7.05 Å². The van der Waals surface area contributed by atoms with E-state index in [0.717, 1.165) is 11.1 Å². The number of rotatable bonds is 1. The zero-order chi connectivity index (χ0) is 7.68. The van der Waals surface area contributed by atoms with Crippen LogP contribution in [0.5, 0.6) is 0 Å². The summed E-state index contributed by atoms with van der Waals surface area (Å²) in [5.41, 5.74) is 1.70. The summed E-state index contributed by atoms with van der Waals surface area (Å²) in [4.78, 5) is 4.15. The maximum Gasteiger partial charge on any atom is 0.295 e. The van der Waals surface area contributed by atoms with Crippen molar-refractivity contribution in [3.63, 3.8) is 0 Å². The van der Waals surface area contributed by atoms with E-state index >= 15 is 0 Å². The molecule has 0 radical (unpaired) electrons. The molecule has 0 saturated carbocycles. The van der Waals surface area contributed by atoms with E-state index in [2.05, 4.69) is 10.3 Å². The molecule has 0 aliphatic rings. The first-order chi connectivity index (χ1) is 5.40. The second kappa shape index (κ2) is 3.45. The number of aromatic nitrogens is 1. The van der Waals surface area contributed by atoms with Crippen LogP contribution >= 0.6 is 12.4 Å². The van der Waals surface area contributed by atoms with Gasteiger partial charge in [-0.05, 0) is 12.1 Å².